The minimum absolute atomic E-state index is 0.151. The highest BCUT2D eigenvalue weighted by molar-refractivity contribution is 5.79. The minimum atomic E-state index is -0.904. The van der Waals surface area contributed by atoms with Crippen molar-refractivity contribution in [3.8, 4) is 0 Å². The number of pyridine rings is 1. The lowest BCUT2D eigenvalue weighted by Gasteiger charge is -2.23. The molecule has 5 N–H and O–H groups in total. The van der Waals surface area contributed by atoms with Crippen LogP contribution < -0.4 is 21.9 Å². The van der Waals surface area contributed by atoms with Gasteiger partial charge in [0.05, 0.1) is 6.54 Å². The van der Waals surface area contributed by atoms with Crippen molar-refractivity contribution >= 4 is 17.5 Å². The Labute approximate surface area is 109 Å². The van der Waals surface area contributed by atoms with Gasteiger partial charge in [0, 0.05) is 12.6 Å². The van der Waals surface area contributed by atoms with Crippen LogP contribution in [0.15, 0.2) is 6.07 Å². The smallest absolute Gasteiger partial charge is 0.237 e. The Balaban J connectivity index is 3.09. The lowest BCUT2D eigenvalue weighted by atomic mass is 10.3. The SMILES string of the molecule is CCCCN(CC(N)=O)c1nc(NN)c(F)cc1F. The third kappa shape index (κ3) is 4.02. The molecule has 0 radical (unpaired) electrons. The first-order valence-electron chi connectivity index (χ1n) is 5.85. The van der Waals surface area contributed by atoms with Crippen molar-refractivity contribution < 1.29 is 13.6 Å². The molecule has 0 atom stereocenters. The lowest BCUT2D eigenvalue weighted by molar-refractivity contribution is -0.116. The average Bonchev–Trinajstić information content (AvgIpc) is 2.34. The maximum Gasteiger partial charge on any atom is 0.237 e. The van der Waals surface area contributed by atoms with Crippen molar-refractivity contribution in [3.63, 3.8) is 0 Å². The zero-order valence-electron chi connectivity index (χ0n) is 10.6. The quantitative estimate of drug-likeness (QED) is 0.503. The van der Waals surface area contributed by atoms with E-state index in [9.17, 15) is 13.6 Å². The molecule has 0 saturated heterocycles. The van der Waals surface area contributed by atoms with E-state index in [0.29, 0.717) is 12.6 Å². The van der Waals surface area contributed by atoms with Gasteiger partial charge in [0.15, 0.2) is 23.3 Å². The number of hydrogen-bond acceptors (Lipinski definition) is 5. The van der Waals surface area contributed by atoms with E-state index < -0.39 is 17.5 Å². The van der Waals surface area contributed by atoms with E-state index in [0.717, 1.165) is 12.8 Å². The molecule has 0 aliphatic heterocycles. The number of carbonyl (C=O) groups excluding carboxylic acids is 1. The predicted octanol–water partition coefficient (Wildman–Crippen LogP) is 0.737. The number of carbonyl (C=O) groups is 1. The number of nitrogens with one attached hydrogen (secondary N) is 1. The topological polar surface area (TPSA) is 97.3 Å². The Bertz CT molecular complexity index is 455. The molecule has 1 aromatic heterocycles. The van der Waals surface area contributed by atoms with Crippen LogP contribution in [0.1, 0.15) is 19.8 Å². The molecule has 0 fully saturated rings. The Kier molecular flexibility index (Phi) is 5.43. The van der Waals surface area contributed by atoms with E-state index in [-0.39, 0.29) is 18.2 Å². The van der Waals surface area contributed by atoms with Crippen LogP contribution in [0, 0.1) is 11.6 Å². The molecule has 8 heteroatoms. The summed E-state index contributed by atoms with van der Waals surface area (Å²) < 4.78 is 27.0. The number of unbranched alkanes of at least 4 members (excludes halogenated alkanes) is 1. The molecule has 0 aliphatic carbocycles. The molecule has 106 valence electrons. The standard InChI is InChI=1S/C11H17F2N5O/c1-2-3-4-18(6-9(14)19)11-8(13)5-7(12)10(16-11)17-15/h5H,2-4,6,15H2,1H3,(H2,14,19)(H,16,17). The van der Waals surface area contributed by atoms with Gasteiger partial charge in [-0.15, -0.1) is 0 Å². The van der Waals surface area contributed by atoms with Crippen LogP contribution in [0.3, 0.4) is 0 Å². The number of nitrogens with zero attached hydrogens (tertiary/aromatic N) is 2. The fraction of sp³-hybridized carbons (Fsp3) is 0.455. The molecule has 1 aromatic rings. The molecular weight excluding hydrogens is 256 g/mol. The van der Waals surface area contributed by atoms with Gasteiger partial charge in [-0.25, -0.2) is 19.6 Å². The third-order valence-corrected chi connectivity index (χ3v) is 2.48. The molecule has 0 spiro atoms. The number of rotatable bonds is 7. The van der Waals surface area contributed by atoms with Crippen molar-refractivity contribution in [2.45, 2.75) is 19.8 Å². The number of amides is 1. The second-order valence-corrected chi connectivity index (χ2v) is 4.01. The van der Waals surface area contributed by atoms with Crippen LogP contribution in [-0.4, -0.2) is 24.0 Å². The number of primary amides is 1. The van der Waals surface area contributed by atoms with Gasteiger partial charge in [0.2, 0.25) is 5.91 Å². The van der Waals surface area contributed by atoms with E-state index in [1.807, 2.05) is 12.3 Å². The van der Waals surface area contributed by atoms with E-state index in [2.05, 4.69) is 4.98 Å². The Morgan fingerprint density at radius 3 is 2.68 bits per heavy atom. The second kappa shape index (κ2) is 6.83. The van der Waals surface area contributed by atoms with Gasteiger partial charge in [0.1, 0.15) is 0 Å². The highest BCUT2D eigenvalue weighted by atomic mass is 19.1. The Morgan fingerprint density at radius 2 is 2.16 bits per heavy atom. The van der Waals surface area contributed by atoms with E-state index in [1.165, 1.54) is 4.90 Å². The number of nitrogen functional groups attached to an aromatic ring is 1. The van der Waals surface area contributed by atoms with Crippen LogP contribution >= 0.6 is 0 Å². The van der Waals surface area contributed by atoms with Crippen LogP contribution in [0.5, 0.6) is 0 Å². The van der Waals surface area contributed by atoms with E-state index >= 15 is 0 Å². The fourth-order valence-corrected chi connectivity index (χ4v) is 1.58. The van der Waals surface area contributed by atoms with Crippen molar-refractivity contribution in [1.82, 2.24) is 4.98 Å². The fourth-order valence-electron chi connectivity index (χ4n) is 1.58. The summed E-state index contributed by atoms with van der Waals surface area (Å²) in [5.74, 6) is 2.25. The summed E-state index contributed by atoms with van der Waals surface area (Å²) in [6.07, 6.45) is 1.57. The van der Waals surface area contributed by atoms with E-state index in [1.54, 1.807) is 0 Å². The van der Waals surface area contributed by atoms with Gasteiger partial charge in [-0.05, 0) is 6.42 Å². The molecule has 1 amide bonds. The van der Waals surface area contributed by atoms with Gasteiger partial charge in [-0.3, -0.25) is 4.79 Å². The molecule has 0 bridgehead atoms. The number of hydrogen-bond donors (Lipinski definition) is 3. The molecule has 1 rings (SSSR count). The number of halogens is 2. The normalized spacial score (nSPS) is 10.3. The zero-order valence-corrected chi connectivity index (χ0v) is 10.6. The zero-order chi connectivity index (χ0) is 14.4. The predicted molar refractivity (Wildman–Crippen MR) is 68.3 cm³/mol. The van der Waals surface area contributed by atoms with Crippen LogP contribution in [0.4, 0.5) is 20.4 Å². The highest BCUT2D eigenvalue weighted by Gasteiger charge is 2.18. The largest absolute Gasteiger partial charge is 0.368 e. The van der Waals surface area contributed by atoms with E-state index in [4.69, 9.17) is 11.6 Å². The van der Waals surface area contributed by atoms with Gasteiger partial charge in [-0.1, -0.05) is 13.3 Å². The minimum Gasteiger partial charge on any atom is -0.368 e. The highest BCUT2D eigenvalue weighted by Crippen LogP contribution is 2.22. The van der Waals surface area contributed by atoms with Gasteiger partial charge < -0.3 is 16.1 Å². The summed E-state index contributed by atoms with van der Waals surface area (Å²) in [4.78, 5) is 16.1. The van der Waals surface area contributed by atoms with Crippen LogP contribution in [0.2, 0.25) is 0 Å². The number of anilines is 2. The monoisotopic (exact) mass is 273 g/mol. The third-order valence-electron chi connectivity index (χ3n) is 2.48. The number of hydrazine groups is 1. The summed E-state index contributed by atoms with van der Waals surface area (Å²) in [5.41, 5.74) is 7.14. The number of nitrogens with two attached hydrogens (primary N) is 2. The van der Waals surface area contributed by atoms with Gasteiger partial charge in [0.25, 0.3) is 0 Å². The summed E-state index contributed by atoms with van der Waals surface area (Å²) in [7, 11) is 0. The van der Waals surface area contributed by atoms with Crippen LogP contribution in [-0.2, 0) is 4.79 Å². The first-order chi connectivity index (χ1) is 8.99. The molecule has 0 saturated carbocycles. The summed E-state index contributed by atoms with van der Waals surface area (Å²) in [6, 6.07) is 0.664. The van der Waals surface area contributed by atoms with Crippen molar-refractivity contribution in [2.24, 2.45) is 11.6 Å². The first-order valence-corrected chi connectivity index (χ1v) is 5.85. The molecule has 1 heterocycles. The molecular formula is C11H17F2N5O. The van der Waals surface area contributed by atoms with Crippen molar-refractivity contribution in [3.05, 3.63) is 17.7 Å². The summed E-state index contributed by atoms with van der Waals surface area (Å²) in [5, 5.41) is 0. The van der Waals surface area contributed by atoms with Crippen molar-refractivity contribution in [2.75, 3.05) is 23.4 Å². The lowest BCUT2D eigenvalue weighted by Crippen LogP contribution is -2.36. The average molecular weight is 273 g/mol. The number of aromatic nitrogens is 1. The van der Waals surface area contributed by atoms with Crippen molar-refractivity contribution in [1.29, 1.82) is 0 Å². The summed E-state index contributed by atoms with van der Waals surface area (Å²) in [6.45, 7) is 2.14. The maximum atomic E-state index is 13.7. The Hall–Kier alpha value is -1.96. The Morgan fingerprint density at radius 1 is 1.47 bits per heavy atom. The molecule has 0 aromatic carbocycles. The molecule has 0 unspecified atom stereocenters. The first kappa shape index (κ1) is 15.1. The second-order valence-electron chi connectivity index (χ2n) is 4.01. The van der Waals surface area contributed by atoms with Crippen LogP contribution in [0.25, 0.3) is 0 Å². The maximum absolute atomic E-state index is 13.7. The molecule has 0 aliphatic rings. The summed E-state index contributed by atoms with van der Waals surface area (Å²) >= 11 is 0. The van der Waals surface area contributed by atoms with Gasteiger partial charge in [-0.2, -0.15) is 0 Å². The molecule has 19 heavy (non-hydrogen) atoms. The van der Waals surface area contributed by atoms with Gasteiger partial charge >= 0.3 is 0 Å². The molecule has 6 nitrogen and oxygen atoms in total.